The van der Waals surface area contributed by atoms with E-state index in [-0.39, 0.29) is 28.8 Å². The second kappa shape index (κ2) is 5.77. The molecule has 4 rings (SSSR count). The number of hydrogen-bond donors (Lipinski definition) is 0. The number of carbonyl (C=O) groups is 1. The fraction of sp³-hybridized carbons (Fsp3) is 0.167. The van der Waals surface area contributed by atoms with Crippen molar-refractivity contribution in [2.75, 3.05) is 0 Å². The molecule has 0 bridgehead atoms. The molecule has 2 aromatic carbocycles. The van der Waals surface area contributed by atoms with E-state index in [1.807, 2.05) is 13.0 Å². The molecule has 3 aromatic rings. The van der Waals surface area contributed by atoms with Gasteiger partial charge in [0.05, 0.1) is 23.7 Å². The SMILES string of the molecule is CC1CC(=O)Oc2cc(Oc3cnc4cc(F)c(F)cc4n3)ccc21. The molecule has 0 spiro atoms. The van der Waals surface area contributed by atoms with E-state index in [2.05, 4.69) is 9.97 Å². The first-order chi connectivity index (χ1) is 12.0. The molecule has 0 N–H and O–H groups in total. The highest BCUT2D eigenvalue weighted by Gasteiger charge is 2.24. The normalized spacial score (nSPS) is 16.4. The van der Waals surface area contributed by atoms with Crippen molar-refractivity contribution in [1.29, 1.82) is 0 Å². The fourth-order valence-electron chi connectivity index (χ4n) is 2.76. The van der Waals surface area contributed by atoms with Crippen LogP contribution >= 0.6 is 0 Å². The summed E-state index contributed by atoms with van der Waals surface area (Å²) in [5.41, 5.74) is 1.32. The van der Waals surface area contributed by atoms with Crippen LogP contribution in [0, 0.1) is 11.6 Å². The first-order valence-corrected chi connectivity index (χ1v) is 7.64. The van der Waals surface area contributed by atoms with Crippen LogP contribution in [0.5, 0.6) is 17.4 Å². The van der Waals surface area contributed by atoms with Gasteiger partial charge in [-0.15, -0.1) is 0 Å². The summed E-state index contributed by atoms with van der Waals surface area (Å²) in [4.78, 5) is 19.7. The summed E-state index contributed by atoms with van der Waals surface area (Å²) in [7, 11) is 0. The second-order valence-electron chi connectivity index (χ2n) is 5.84. The average molecular weight is 342 g/mol. The number of ether oxygens (including phenoxy) is 2. The number of benzene rings is 2. The van der Waals surface area contributed by atoms with Crippen LogP contribution in [0.25, 0.3) is 11.0 Å². The summed E-state index contributed by atoms with van der Waals surface area (Å²) in [5.74, 6) is -1.24. The number of esters is 1. The number of hydrogen-bond acceptors (Lipinski definition) is 5. The maximum Gasteiger partial charge on any atom is 0.311 e. The van der Waals surface area contributed by atoms with Crippen LogP contribution in [0.1, 0.15) is 24.8 Å². The fourth-order valence-corrected chi connectivity index (χ4v) is 2.76. The molecule has 2 heterocycles. The van der Waals surface area contributed by atoms with Gasteiger partial charge in [0.1, 0.15) is 11.5 Å². The molecular formula is C18H12F2N2O3. The number of aromatic nitrogens is 2. The van der Waals surface area contributed by atoms with Gasteiger partial charge in [-0.3, -0.25) is 4.79 Å². The molecule has 1 aliphatic heterocycles. The zero-order valence-electron chi connectivity index (χ0n) is 13.1. The van der Waals surface area contributed by atoms with Crippen molar-refractivity contribution in [1.82, 2.24) is 9.97 Å². The first kappa shape index (κ1) is 15.4. The third-order valence-corrected chi connectivity index (χ3v) is 4.00. The van der Waals surface area contributed by atoms with Gasteiger partial charge in [0, 0.05) is 18.2 Å². The van der Waals surface area contributed by atoms with E-state index in [0.717, 1.165) is 17.7 Å². The zero-order chi connectivity index (χ0) is 17.6. The van der Waals surface area contributed by atoms with Crippen molar-refractivity contribution in [3.05, 3.63) is 53.7 Å². The predicted octanol–water partition coefficient (Wildman–Crippen LogP) is 4.11. The molecule has 0 radical (unpaired) electrons. The van der Waals surface area contributed by atoms with E-state index in [1.165, 1.54) is 6.20 Å². The lowest BCUT2D eigenvalue weighted by Crippen LogP contribution is -2.18. The van der Waals surface area contributed by atoms with Crippen LogP contribution in [-0.4, -0.2) is 15.9 Å². The van der Waals surface area contributed by atoms with Gasteiger partial charge in [-0.2, -0.15) is 0 Å². The van der Waals surface area contributed by atoms with Crippen molar-refractivity contribution >= 4 is 17.0 Å². The molecule has 1 aromatic heterocycles. The Morgan fingerprint density at radius 2 is 1.92 bits per heavy atom. The van der Waals surface area contributed by atoms with Crippen LogP contribution in [0.3, 0.4) is 0 Å². The molecular weight excluding hydrogens is 330 g/mol. The highest BCUT2D eigenvalue weighted by molar-refractivity contribution is 5.77. The maximum atomic E-state index is 13.3. The van der Waals surface area contributed by atoms with E-state index in [4.69, 9.17) is 9.47 Å². The molecule has 0 aliphatic carbocycles. The minimum absolute atomic E-state index is 0.0728. The summed E-state index contributed by atoms with van der Waals surface area (Å²) in [6.07, 6.45) is 1.65. The molecule has 25 heavy (non-hydrogen) atoms. The van der Waals surface area contributed by atoms with Gasteiger partial charge < -0.3 is 9.47 Å². The lowest BCUT2D eigenvalue weighted by molar-refractivity contribution is -0.135. The van der Waals surface area contributed by atoms with Crippen LogP contribution in [0.2, 0.25) is 0 Å². The largest absolute Gasteiger partial charge is 0.437 e. The molecule has 0 saturated carbocycles. The summed E-state index contributed by atoms with van der Waals surface area (Å²) >= 11 is 0. The third kappa shape index (κ3) is 2.88. The van der Waals surface area contributed by atoms with E-state index in [9.17, 15) is 13.6 Å². The lowest BCUT2D eigenvalue weighted by atomic mass is 9.95. The molecule has 1 atom stereocenters. The van der Waals surface area contributed by atoms with Gasteiger partial charge in [0.25, 0.3) is 0 Å². The number of carbonyl (C=O) groups excluding carboxylic acids is 1. The van der Waals surface area contributed by atoms with Crippen LogP contribution in [0.15, 0.2) is 36.5 Å². The van der Waals surface area contributed by atoms with Crippen LogP contribution < -0.4 is 9.47 Å². The molecule has 5 nitrogen and oxygen atoms in total. The van der Waals surface area contributed by atoms with Crippen molar-refractivity contribution in [2.24, 2.45) is 0 Å². The Morgan fingerprint density at radius 3 is 2.72 bits per heavy atom. The Hall–Kier alpha value is -3.09. The first-order valence-electron chi connectivity index (χ1n) is 7.64. The summed E-state index contributed by atoms with van der Waals surface area (Å²) in [5, 5.41) is 0. The van der Waals surface area contributed by atoms with Gasteiger partial charge in [0.2, 0.25) is 5.88 Å². The molecule has 0 fully saturated rings. The molecule has 126 valence electrons. The van der Waals surface area contributed by atoms with Crippen molar-refractivity contribution in [2.45, 2.75) is 19.3 Å². The summed E-state index contributed by atoms with van der Waals surface area (Å²) < 4.78 is 37.4. The minimum atomic E-state index is -1.01. The quantitative estimate of drug-likeness (QED) is 0.518. The predicted molar refractivity (Wildman–Crippen MR) is 84.6 cm³/mol. The van der Waals surface area contributed by atoms with Crippen molar-refractivity contribution < 1.29 is 23.0 Å². The molecule has 0 saturated heterocycles. The monoisotopic (exact) mass is 342 g/mol. The average Bonchev–Trinajstić information content (AvgIpc) is 2.55. The molecule has 1 unspecified atom stereocenters. The van der Waals surface area contributed by atoms with E-state index in [1.54, 1.807) is 12.1 Å². The Labute approximate surface area is 141 Å². The highest BCUT2D eigenvalue weighted by Crippen LogP contribution is 2.37. The van der Waals surface area contributed by atoms with Gasteiger partial charge in [0.15, 0.2) is 11.6 Å². The van der Waals surface area contributed by atoms with E-state index in [0.29, 0.717) is 17.9 Å². The van der Waals surface area contributed by atoms with E-state index < -0.39 is 11.6 Å². The lowest BCUT2D eigenvalue weighted by Gasteiger charge is -2.21. The van der Waals surface area contributed by atoms with Gasteiger partial charge in [-0.25, -0.2) is 18.7 Å². The van der Waals surface area contributed by atoms with Crippen molar-refractivity contribution in [3.8, 4) is 17.4 Å². The molecule has 1 aliphatic rings. The second-order valence-corrected chi connectivity index (χ2v) is 5.84. The standard InChI is InChI=1S/C18H12F2N2O3/c1-9-4-18(23)25-16-5-10(2-3-11(9)16)24-17-8-21-14-6-12(19)13(20)7-15(14)22-17/h2-3,5-9H,4H2,1H3. The van der Waals surface area contributed by atoms with Crippen molar-refractivity contribution in [3.63, 3.8) is 0 Å². The van der Waals surface area contributed by atoms with Gasteiger partial charge in [-0.1, -0.05) is 13.0 Å². The number of fused-ring (bicyclic) bond motifs is 2. The van der Waals surface area contributed by atoms with E-state index >= 15 is 0 Å². The Morgan fingerprint density at radius 1 is 1.16 bits per heavy atom. The number of halogens is 2. The smallest absolute Gasteiger partial charge is 0.311 e. The Bertz CT molecular complexity index is 1010. The number of rotatable bonds is 2. The molecule has 7 heteroatoms. The van der Waals surface area contributed by atoms with Gasteiger partial charge >= 0.3 is 5.97 Å². The van der Waals surface area contributed by atoms with Gasteiger partial charge in [-0.05, 0) is 17.5 Å². The maximum absolute atomic E-state index is 13.3. The topological polar surface area (TPSA) is 61.3 Å². The molecule has 0 amide bonds. The zero-order valence-corrected chi connectivity index (χ0v) is 13.1. The Kier molecular flexibility index (Phi) is 3.56. The summed E-state index contributed by atoms with van der Waals surface area (Å²) in [6.45, 7) is 1.95. The highest BCUT2D eigenvalue weighted by atomic mass is 19.2. The van der Waals surface area contributed by atoms with Crippen LogP contribution in [0.4, 0.5) is 8.78 Å². The van der Waals surface area contributed by atoms with Crippen LogP contribution in [-0.2, 0) is 4.79 Å². The number of nitrogens with zero attached hydrogens (tertiary/aromatic N) is 2. The Balaban J connectivity index is 1.66. The third-order valence-electron chi connectivity index (χ3n) is 4.00. The minimum Gasteiger partial charge on any atom is -0.437 e. The summed E-state index contributed by atoms with van der Waals surface area (Å²) in [6, 6.07) is 7.08.